The van der Waals surface area contributed by atoms with Crippen molar-refractivity contribution in [3.05, 3.63) is 12.2 Å². The fraction of sp³-hybridized carbons (Fsp3) is 0.700. The minimum atomic E-state index is 0.172. The van der Waals surface area contributed by atoms with E-state index < -0.39 is 0 Å². The zero-order valence-corrected chi connectivity index (χ0v) is 9.77. The molecule has 0 saturated carbocycles. The van der Waals surface area contributed by atoms with Crippen LogP contribution < -0.4 is 5.32 Å². The fourth-order valence-corrected chi connectivity index (χ4v) is 1.33. The summed E-state index contributed by atoms with van der Waals surface area (Å²) in [6.07, 6.45) is 7.68. The van der Waals surface area contributed by atoms with Gasteiger partial charge >= 0.3 is 0 Å². The third kappa shape index (κ3) is 9.61. The van der Waals surface area contributed by atoms with Gasteiger partial charge in [0, 0.05) is 18.3 Å². The zero-order valence-electron chi connectivity index (χ0n) is 8.18. The van der Waals surface area contributed by atoms with Gasteiger partial charge in [-0.25, -0.2) is 0 Å². The molecule has 0 atom stereocenters. The van der Waals surface area contributed by atoms with E-state index in [0.29, 0.717) is 6.42 Å². The van der Waals surface area contributed by atoms with Gasteiger partial charge in [0.15, 0.2) is 0 Å². The molecule has 13 heavy (non-hydrogen) atoms. The summed E-state index contributed by atoms with van der Waals surface area (Å²) in [6, 6.07) is 0. The highest BCUT2D eigenvalue weighted by Crippen LogP contribution is 1.97. The van der Waals surface area contributed by atoms with Crippen LogP contribution in [0.5, 0.6) is 0 Å². The van der Waals surface area contributed by atoms with Gasteiger partial charge in [-0.05, 0) is 26.2 Å². The Hall–Kier alpha value is -0.310. The maximum absolute atomic E-state index is 11.1. The molecule has 0 heterocycles. The molecule has 0 aliphatic carbocycles. The molecule has 3 heteroatoms. The Balaban J connectivity index is 3.20. The molecule has 0 aliphatic heterocycles. The highest BCUT2D eigenvalue weighted by molar-refractivity contribution is 9.09. The quantitative estimate of drug-likeness (QED) is 0.419. The number of nitrogens with one attached hydrogen (secondary N) is 1. The first kappa shape index (κ1) is 12.7. The van der Waals surface area contributed by atoms with Crippen molar-refractivity contribution in [2.75, 3.05) is 11.9 Å². The van der Waals surface area contributed by atoms with Gasteiger partial charge in [0.25, 0.3) is 0 Å². The van der Waals surface area contributed by atoms with Crippen molar-refractivity contribution in [2.45, 2.75) is 32.6 Å². The Morgan fingerprint density at radius 1 is 1.46 bits per heavy atom. The van der Waals surface area contributed by atoms with E-state index in [-0.39, 0.29) is 5.91 Å². The van der Waals surface area contributed by atoms with Gasteiger partial charge in [-0.2, -0.15) is 0 Å². The smallest absolute Gasteiger partial charge is 0.220 e. The number of alkyl halides is 1. The maximum atomic E-state index is 11.1. The first-order valence-electron chi connectivity index (χ1n) is 4.75. The van der Waals surface area contributed by atoms with Crippen LogP contribution in [0.2, 0.25) is 0 Å². The highest BCUT2D eigenvalue weighted by atomic mass is 79.9. The number of amides is 1. The zero-order chi connectivity index (χ0) is 9.94. The molecule has 0 aromatic carbocycles. The summed E-state index contributed by atoms with van der Waals surface area (Å²) in [5, 5.41) is 3.86. The van der Waals surface area contributed by atoms with Gasteiger partial charge in [-0.1, -0.05) is 28.1 Å². The third-order valence-corrected chi connectivity index (χ3v) is 2.22. The molecule has 0 radical (unpaired) electrons. The van der Waals surface area contributed by atoms with Crippen LogP contribution in [0.25, 0.3) is 0 Å². The molecule has 2 nitrogen and oxygen atoms in total. The standard InChI is InChI=1S/C10H18BrNO/c1-2-3-6-9-12-10(13)7-4-5-8-11/h2-3H,4-9H2,1H3,(H,12,13)/b3-2+. The van der Waals surface area contributed by atoms with E-state index in [0.717, 1.165) is 31.1 Å². The Morgan fingerprint density at radius 3 is 2.85 bits per heavy atom. The number of allylic oxidation sites excluding steroid dienone is 1. The summed E-state index contributed by atoms with van der Waals surface area (Å²) >= 11 is 3.33. The van der Waals surface area contributed by atoms with Crippen molar-refractivity contribution in [1.29, 1.82) is 0 Å². The van der Waals surface area contributed by atoms with E-state index in [4.69, 9.17) is 0 Å². The molecule has 0 spiro atoms. The van der Waals surface area contributed by atoms with Gasteiger partial charge in [0.2, 0.25) is 5.91 Å². The van der Waals surface area contributed by atoms with Crippen LogP contribution in [-0.4, -0.2) is 17.8 Å². The summed E-state index contributed by atoms with van der Waals surface area (Å²) in [5.74, 6) is 0.172. The van der Waals surface area contributed by atoms with Crippen molar-refractivity contribution in [1.82, 2.24) is 5.32 Å². The molecule has 0 aromatic heterocycles. The Labute approximate surface area is 88.9 Å². The molecule has 0 fully saturated rings. The SMILES string of the molecule is C/C=C/CCNC(=O)CCCCBr. The van der Waals surface area contributed by atoms with Crippen molar-refractivity contribution in [3.8, 4) is 0 Å². The van der Waals surface area contributed by atoms with Crippen molar-refractivity contribution >= 4 is 21.8 Å². The number of carbonyl (C=O) groups is 1. The van der Waals surface area contributed by atoms with E-state index in [1.807, 2.05) is 13.0 Å². The van der Waals surface area contributed by atoms with Crippen LogP contribution in [-0.2, 0) is 4.79 Å². The van der Waals surface area contributed by atoms with Crippen LogP contribution in [0.15, 0.2) is 12.2 Å². The average Bonchev–Trinajstić information content (AvgIpc) is 2.13. The minimum absolute atomic E-state index is 0.172. The lowest BCUT2D eigenvalue weighted by Crippen LogP contribution is -2.23. The molecular weight excluding hydrogens is 230 g/mol. The van der Waals surface area contributed by atoms with Gasteiger partial charge in [-0.15, -0.1) is 0 Å². The second-order valence-electron chi connectivity index (χ2n) is 2.85. The normalized spacial score (nSPS) is 10.6. The number of carbonyl (C=O) groups excluding carboxylic acids is 1. The van der Waals surface area contributed by atoms with Gasteiger partial charge in [0.1, 0.15) is 0 Å². The average molecular weight is 248 g/mol. The predicted octanol–water partition coefficient (Wildman–Crippen LogP) is 2.63. The number of halogens is 1. The maximum Gasteiger partial charge on any atom is 0.220 e. The molecule has 1 amide bonds. The lowest BCUT2D eigenvalue weighted by Gasteiger charge is -2.01. The number of hydrogen-bond donors (Lipinski definition) is 1. The fourth-order valence-electron chi connectivity index (χ4n) is 0.930. The molecule has 76 valence electrons. The molecule has 0 aromatic rings. The second-order valence-corrected chi connectivity index (χ2v) is 3.65. The molecule has 1 N–H and O–H groups in total. The number of rotatable bonds is 7. The summed E-state index contributed by atoms with van der Waals surface area (Å²) in [4.78, 5) is 11.1. The Kier molecular flexibility index (Phi) is 9.54. The molecule has 0 aliphatic rings. The summed E-state index contributed by atoms with van der Waals surface area (Å²) < 4.78 is 0. The second kappa shape index (κ2) is 9.78. The van der Waals surface area contributed by atoms with Crippen molar-refractivity contribution in [3.63, 3.8) is 0 Å². The van der Waals surface area contributed by atoms with E-state index >= 15 is 0 Å². The van der Waals surface area contributed by atoms with Crippen molar-refractivity contribution in [2.24, 2.45) is 0 Å². The van der Waals surface area contributed by atoms with Gasteiger partial charge in [-0.3, -0.25) is 4.79 Å². The van der Waals surface area contributed by atoms with E-state index in [1.54, 1.807) is 0 Å². The van der Waals surface area contributed by atoms with Crippen LogP contribution in [0, 0.1) is 0 Å². The Bertz CT molecular complexity index is 157. The number of hydrogen-bond acceptors (Lipinski definition) is 1. The topological polar surface area (TPSA) is 29.1 Å². The lowest BCUT2D eigenvalue weighted by atomic mass is 10.2. The first-order chi connectivity index (χ1) is 6.31. The summed E-state index contributed by atoms with van der Waals surface area (Å²) in [7, 11) is 0. The molecule has 0 rings (SSSR count). The molecule has 0 unspecified atom stereocenters. The van der Waals surface area contributed by atoms with Crippen LogP contribution in [0.4, 0.5) is 0 Å². The largest absolute Gasteiger partial charge is 0.356 e. The number of unbranched alkanes of at least 4 members (excludes halogenated alkanes) is 1. The summed E-state index contributed by atoms with van der Waals surface area (Å²) in [6.45, 7) is 2.75. The van der Waals surface area contributed by atoms with E-state index in [2.05, 4.69) is 27.3 Å². The monoisotopic (exact) mass is 247 g/mol. The van der Waals surface area contributed by atoms with Gasteiger partial charge in [0.05, 0.1) is 0 Å². The van der Waals surface area contributed by atoms with E-state index in [1.165, 1.54) is 0 Å². The molecule has 0 saturated heterocycles. The third-order valence-electron chi connectivity index (χ3n) is 1.66. The lowest BCUT2D eigenvalue weighted by molar-refractivity contribution is -0.121. The Morgan fingerprint density at radius 2 is 2.23 bits per heavy atom. The predicted molar refractivity (Wildman–Crippen MR) is 60.1 cm³/mol. The minimum Gasteiger partial charge on any atom is -0.356 e. The molecular formula is C10H18BrNO. The van der Waals surface area contributed by atoms with Crippen molar-refractivity contribution < 1.29 is 4.79 Å². The van der Waals surface area contributed by atoms with Gasteiger partial charge < -0.3 is 5.32 Å². The van der Waals surface area contributed by atoms with Crippen LogP contribution >= 0.6 is 15.9 Å². The highest BCUT2D eigenvalue weighted by Gasteiger charge is 1.98. The summed E-state index contributed by atoms with van der Waals surface area (Å²) in [5.41, 5.74) is 0. The first-order valence-corrected chi connectivity index (χ1v) is 5.87. The van der Waals surface area contributed by atoms with Crippen LogP contribution in [0.1, 0.15) is 32.6 Å². The van der Waals surface area contributed by atoms with E-state index in [9.17, 15) is 4.79 Å². The molecule has 0 bridgehead atoms. The van der Waals surface area contributed by atoms with Crippen LogP contribution in [0.3, 0.4) is 0 Å².